The molecule has 140 valence electrons. The third-order valence-corrected chi connectivity index (χ3v) is 3.61. The number of aryl methyl sites for hydroxylation is 1. The first-order valence-electron chi connectivity index (χ1n) is 7.68. The van der Waals surface area contributed by atoms with Crippen LogP contribution in [0.4, 0.5) is 27.9 Å². The molecule has 0 saturated heterocycles. The van der Waals surface area contributed by atoms with E-state index >= 15 is 0 Å². The molecule has 0 atom stereocenters. The van der Waals surface area contributed by atoms with Gasteiger partial charge in [0.25, 0.3) is 5.56 Å². The van der Waals surface area contributed by atoms with Crippen LogP contribution in [0.1, 0.15) is 36.6 Å². The lowest BCUT2D eigenvalue weighted by atomic mass is 10.1. The van der Waals surface area contributed by atoms with Gasteiger partial charge in [-0.25, -0.2) is 32.4 Å². The van der Waals surface area contributed by atoms with E-state index in [0.717, 1.165) is 12.8 Å². The summed E-state index contributed by atoms with van der Waals surface area (Å²) in [6.45, 7) is 3.58. The van der Waals surface area contributed by atoms with Crippen LogP contribution in [0, 0.1) is 36.0 Å². The Labute approximate surface area is 145 Å². The zero-order valence-electron chi connectivity index (χ0n) is 13.9. The molecule has 2 aromatic rings. The van der Waals surface area contributed by atoms with E-state index in [4.69, 9.17) is 0 Å². The van der Waals surface area contributed by atoms with Crippen molar-refractivity contribution >= 4 is 12.2 Å². The zero-order chi connectivity index (χ0) is 19.4. The predicted molar refractivity (Wildman–Crippen MR) is 85.7 cm³/mol. The molecule has 2 rings (SSSR count). The number of hydrazone groups is 1. The lowest BCUT2D eigenvalue weighted by molar-refractivity contribution is 0.377. The Morgan fingerprint density at radius 3 is 2.19 bits per heavy atom. The molecule has 1 heterocycles. The number of unbranched alkanes of at least 4 members (excludes halogenated alkanes) is 1. The molecule has 1 aromatic carbocycles. The smallest absolute Gasteiger partial charge is 0.255 e. The Bertz CT molecular complexity index is 881. The van der Waals surface area contributed by atoms with Crippen molar-refractivity contribution in [2.24, 2.45) is 5.10 Å². The number of hydrogen-bond acceptors (Lipinski definition) is 4. The molecule has 0 aliphatic carbocycles. The van der Waals surface area contributed by atoms with Crippen LogP contribution in [-0.4, -0.2) is 16.2 Å². The molecule has 0 aliphatic rings. The minimum Gasteiger partial charge on any atom is -0.291 e. The van der Waals surface area contributed by atoms with Gasteiger partial charge >= 0.3 is 0 Å². The molecule has 1 aromatic heterocycles. The fourth-order valence-corrected chi connectivity index (χ4v) is 2.20. The van der Waals surface area contributed by atoms with Crippen LogP contribution in [0.3, 0.4) is 0 Å². The van der Waals surface area contributed by atoms with Gasteiger partial charge in [-0.05, 0) is 19.8 Å². The molecule has 0 radical (unpaired) electrons. The van der Waals surface area contributed by atoms with Gasteiger partial charge in [0.2, 0.25) is 11.8 Å². The van der Waals surface area contributed by atoms with E-state index in [1.54, 1.807) is 6.92 Å². The summed E-state index contributed by atoms with van der Waals surface area (Å²) >= 11 is 0. The molecule has 0 spiro atoms. The van der Waals surface area contributed by atoms with Crippen LogP contribution in [0.15, 0.2) is 9.90 Å². The normalized spacial score (nSPS) is 11.3. The summed E-state index contributed by atoms with van der Waals surface area (Å²) in [7, 11) is 0. The van der Waals surface area contributed by atoms with Gasteiger partial charge in [-0.15, -0.1) is 0 Å². The number of hydrogen-bond donors (Lipinski definition) is 2. The third kappa shape index (κ3) is 3.89. The maximum atomic E-state index is 13.5. The van der Waals surface area contributed by atoms with Crippen molar-refractivity contribution in [2.45, 2.75) is 33.1 Å². The monoisotopic (exact) mass is 374 g/mol. The highest BCUT2D eigenvalue weighted by atomic mass is 19.2. The Balaban J connectivity index is 2.26. The van der Waals surface area contributed by atoms with E-state index < -0.39 is 40.2 Å². The lowest BCUT2D eigenvalue weighted by Crippen LogP contribution is -2.18. The Hall–Kier alpha value is -2.78. The number of H-pyrrole nitrogens is 1. The highest BCUT2D eigenvalue weighted by molar-refractivity contribution is 5.81. The van der Waals surface area contributed by atoms with Crippen LogP contribution in [0.5, 0.6) is 0 Å². The zero-order valence-corrected chi connectivity index (χ0v) is 13.9. The Kier molecular flexibility index (Phi) is 6.06. The summed E-state index contributed by atoms with van der Waals surface area (Å²) in [5.41, 5.74) is 1.52. The van der Waals surface area contributed by atoms with Crippen molar-refractivity contribution in [1.82, 2.24) is 9.97 Å². The van der Waals surface area contributed by atoms with Gasteiger partial charge in [0.15, 0.2) is 23.3 Å². The van der Waals surface area contributed by atoms with Gasteiger partial charge in [0, 0.05) is 11.3 Å². The van der Waals surface area contributed by atoms with Gasteiger partial charge < -0.3 is 0 Å². The maximum absolute atomic E-state index is 13.5. The summed E-state index contributed by atoms with van der Waals surface area (Å²) in [4.78, 5) is 18.4. The van der Waals surface area contributed by atoms with Crippen molar-refractivity contribution in [3.05, 3.63) is 56.3 Å². The second-order valence-corrected chi connectivity index (χ2v) is 5.44. The summed E-state index contributed by atoms with van der Waals surface area (Å²) in [5.74, 6) is -10.6. The van der Waals surface area contributed by atoms with E-state index in [1.807, 2.05) is 6.92 Å². The molecule has 0 fully saturated rings. The van der Waals surface area contributed by atoms with Crippen LogP contribution in [0.25, 0.3) is 0 Å². The van der Waals surface area contributed by atoms with Crippen LogP contribution < -0.4 is 11.0 Å². The van der Waals surface area contributed by atoms with E-state index in [0.29, 0.717) is 23.9 Å². The highest BCUT2D eigenvalue weighted by Gasteiger charge is 2.24. The molecule has 2 N–H and O–H groups in total. The van der Waals surface area contributed by atoms with Crippen molar-refractivity contribution in [3.8, 4) is 0 Å². The minimum atomic E-state index is -2.26. The van der Waals surface area contributed by atoms with Gasteiger partial charge in [0.1, 0.15) is 0 Å². The first-order chi connectivity index (χ1) is 12.3. The maximum Gasteiger partial charge on any atom is 0.255 e. The largest absolute Gasteiger partial charge is 0.291 e. The molecule has 10 heteroatoms. The molecule has 0 aliphatic heterocycles. The number of anilines is 1. The molecule has 26 heavy (non-hydrogen) atoms. The first-order valence-corrected chi connectivity index (χ1v) is 7.68. The lowest BCUT2D eigenvalue weighted by Gasteiger charge is -2.06. The summed E-state index contributed by atoms with van der Waals surface area (Å²) in [6, 6.07) is 0. The van der Waals surface area contributed by atoms with Gasteiger partial charge in [-0.3, -0.25) is 9.78 Å². The first kappa shape index (κ1) is 19.5. The number of nitrogens with one attached hydrogen (secondary N) is 2. The number of rotatable bonds is 6. The van der Waals surface area contributed by atoms with E-state index in [2.05, 4.69) is 20.5 Å². The second-order valence-electron chi connectivity index (χ2n) is 5.44. The second kappa shape index (κ2) is 8.07. The van der Waals surface area contributed by atoms with Gasteiger partial charge in [-0.2, -0.15) is 5.10 Å². The standard InChI is InChI=1S/C16H15F5N4O/c1-3-4-5-8-7(2)23-16(24-15(8)26)25-22-6-9-10(17)12(19)14(21)13(20)11(9)18/h6H,3-5H2,1-2H3,(H2,23,24,25,26)/b22-6-. The van der Waals surface area contributed by atoms with Crippen molar-refractivity contribution in [3.63, 3.8) is 0 Å². The van der Waals surface area contributed by atoms with E-state index in [-0.39, 0.29) is 5.95 Å². The summed E-state index contributed by atoms with van der Waals surface area (Å²) in [5, 5.41) is 3.38. The molecule has 0 saturated carbocycles. The average molecular weight is 374 g/mol. The SMILES string of the molecule is CCCCc1c(C)nc(N/N=C\c2c(F)c(F)c(F)c(F)c2F)[nH]c1=O. The van der Waals surface area contributed by atoms with Gasteiger partial charge in [0.05, 0.1) is 11.8 Å². The molecule has 0 bridgehead atoms. The molecule has 5 nitrogen and oxygen atoms in total. The van der Waals surface area contributed by atoms with Gasteiger partial charge in [-0.1, -0.05) is 13.3 Å². The Morgan fingerprint density at radius 2 is 1.65 bits per heavy atom. The number of halogens is 5. The summed E-state index contributed by atoms with van der Waals surface area (Å²) < 4.78 is 66.2. The number of aromatic nitrogens is 2. The highest BCUT2D eigenvalue weighted by Crippen LogP contribution is 2.21. The number of aromatic amines is 1. The van der Waals surface area contributed by atoms with E-state index in [9.17, 15) is 26.7 Å². The molecular formula is C16H15F5N4O. The average Bonchev–Trinajstić information content (AvgIpc) is 2.60. The van der Waals surface area contributed by atoms with Crippen molar-refractivity contribution in [2.75, 3.05) is 5.43 Å². The summed E-state index contributed by atoms with van der Waals surface area (Å²) in [6.07, 6.45) is 2.65. The van der Waals surface area contributed by atoms with Crippen LogP contribution in [-0.2, 0) is 6.42 Å². The van der Waals surface area contributed by atoms with Crippen LogP contribution >= 0.6 is 0 Å². The molecular weight excluding hydrogens is 359 g/mol. The molecule has 0 unspecified atom stereocenters. The fourth-order valence-electron chi connectivity index (χ4n) is 2.20. The van der Waals surface area contributed by atoms with Crippen molar-refractivity contribution < 1.29 is 22.0 Å². The molecule has 0 amide bonds. The predicted octanol–water partition coefficient (Wildman–Crippen LogP) is 3.56. The number of nitrogens with zero attached hydrogens (tertiary/aromatic N) is 2. The fraction of sp³-hybridized carbons (Fsp3) is 0.312. The Morgan fingerprint density at radius 1 is 1.08 bits per heavy atom. The minimum absolute atomic E-state index is 0.132. The third-order valence-electron chi connectivity index (χ3n) is 3.61. The quantitative estimate of drug-likeness (QED) is 0.267. The van der Waals surface area contributed by atoms with Crippen LogP contribution in [0.2, 0.25) is 0 Å². The topological polar surface area (TPSA) is 70.1 Å². The van der Waals surface area contributed by atoms with Crippen molar-refractivity contribution in [1.29, 1.82) is 0 Å². The van der Waals surface area contributed by atoms with E-state index in [1.165, 1.54) is 0 Å². The number of benzene rings is 1.